The predicted octanol–water partition coefficient (Wildman–Crippen LogP) is 7.63. The number of rotatable bonds is 6. The molecular weight excluding hydrogens is 504 g/mol. The Morgan fingerprint density at radius 2 is 1.59 bits per heavy atom. The van der Waals surface area contributed by atoms with Crippen LogP contribution in [0.2, 0.25) is 0 Å². The first-order chi connectivity index (χ1) is 19.6. The van der Waals surface area contributed by atoms with Crippen molar-refractivity contribution in [2.24, 2.45) is 5.41 Å². The number of piperidine rings is 2. The first-order valence-corrected chi connectivity index (χ1v) is 16.1. The van der Waals surface area contributed by atoms with Gasteiger partial charge in [0.25, 0.3) is 0 Å². The molecule has 3 aliphatic heterocycles. The van der Waals surface area contributed by atoms with Crippen LogP contribution < -0.4 is 0 Å². The first kappa shape index (κ1) is 28.5. The third-order valence-electron chi connectivity index (χ3n) is 10.7. The molecule has 0 N–H and O–H groups in total. The van der Waals surface area contributed by atoms with Gasteiger partial charge in [-0.3, -0.25) is 9.69 Å². The number of hydrogen-bond donors (Lipinski definition) is 0. The van der Waals surface area contributed by atoms with Crippen LogP contribution in [-0.4, -0.2) is 57.0 Å². The van der Waals surface area contributed by atoms with Gasteiger partial charge in [0.05, 0.1) is 11.0 Å². The van der Waals surface area contributed by atoms with Gasteiger partial charge < -0.3 is 9.47 Å². The molecule has 2 aromatic carbocycles. The van der Waals surface area contributed by atoms with Crippen molar-refractivity contribution in [3.05, 3.63) is 65.5 Å². The number of carbonyl (C=O) groups is 1. The second-order valence-electron chi connectivity index (χ2n) is 14.6. The molecule has 3 aromatic rings. The third-order valence-corrected chi connectivity index (χ3v) is 10.7. The summed E-state index contributed by atoms with van der Waals surface area (Å²) in [6, 6.07) is 20.0. The van der Waals surface area contributed by atoms with E-state index in [-0.39, 0.29) is 10.8 Å². The Labute approximate surface area is 247 Å². The van der Waals surface area contributed by atoms with Crippen LogP contribution in [-0.2, 0) is 10.2 Å². The van der Waals surface area contributed by atoms with Crippen LogP contribution >= 0.6 is 0 Å². The highest BCUT2D eigenvalue weighted by atomic mass is 16.2. The summed E-state index contributed by atoms with van der Waals surface area (Å²) < 4.78 is 2.54. The van der Waals surface area contributed by atoms with Crippen molar-refractivity contribution in [2.45, 2.75) is 116 Å². The number of hydrogen-bond acceptors (Lipinski definition) is 3. The molecule has 3 atom stereocenters. The SMILES string of the molecule is Cc1nc2ccccc2n1[C@H]1C[C@H]2CC[C@@H](C1)N2CCC1(c2ccc(C(C)C)cc2)CCN(C(=O)C(C)(C)C)CC1. The molecule has 4 heterocycles. The Balaban J connectivity index is 1.20. The summed E-state index contributed by atoms with van der Waals surface area (Å²) in [6.45, 7) is 15.8. The molecule has 6 rings (SSSR count). The topological polar surface area (TPSA) is 41.4 Å². The number of para-hydroxylation sites is 2. The lowest BCUT2D eigenvalue weighted by Gasteiger charge is -2.46. The van der Waals surface area contributed by atoms with Crippen molar-refractivity contribution in [2.75, 3.05) is 19.6 Å². The summed E-state index contributed by atoms with van der Waals surface area (Å²) in [7, 11) is 0. The summed E-state index contributed by atoms with van der Waals surface area (Å²) in [5.41, 5.74) is 5.13. The zero-order valence-electron chi connectivity index (χ0n) is 26.2. The minimum Gasteiger partial charge on any atom is -0.342 e. The molecule has 1 aromatic heterocycles. The minimum atomic E-state index is -0.318. The summed E-state index contributed by atoms with van der Waals surface area (Å²) in [5, 5.41) is 0. The average Bonchev–Trinajstić information content (AvgIpc) is 3.41. The lowest BCUT2D eigenvalue weighted by atomic mass is 9.69. The fraction of sp³-hybridized carbons (Fsp3) is 0.611. The zero-order valence-corrected chi connectivity index (χ0v) is 26.2. The van der Waals surface area contributed by atoms with Crippen molar-refractivity contribution in [3.8, 4) is 0 Å². The van der Waals surface area contributed by atoms with Gasteiger partial charge >= 0.3 is 0 Å². The molecule has 0 spiro atoms. The van der Waals surface area contributed by atoms with E-state index in [1.165, 1.54) is 48.7 Å². The molecule has 220 valence electrons. The van der Waals surface area contributed by atoms with E-state index in [1.807, 2.05) is 0 Å². The zero-order chi connectivity index (χ0) is 28.9. The van der Waals surface area contributed by atoms with Gasteiger partial charge in [0, 0.05) is 36.6 Å². The molecule has 1 amide bonds. The molecule has 0 aliphatic carbocycles. The maximum Gasteiger partial charge on any atom is 0.227 e. The van der Waals surface area contributed by atoms with Crippen LogP contribution in [0.4, 0.5) is 0 Å². The minimum absolute atomic E-state index is 0.137. The van der Waals surface area contributed by atoms with E-state index < -0.39 is 0 Å². The highest BCUT2D eigenvalue weighted by Crippen LogP contribution is 2.45. The van der Waals surface area contributed by atoms with Gasteiger partial charge in [-0.25, -0.2) is 4.98 Å². The predicted molar refractivity (Wildman–Crippen MR) is 168 cm³/mol. The van der Waals surface area contributed by atoms with E-state index in [1.54, 1.807) is 0 Å². The molecule has 0 unspecified atom stereocenters. The molecule has 0 saturated carbocycles. The first-order valence-electron chi connectivity index (χ1n) is 16.1. The Hall–Kier alpha value is -2.66. The largest absolute Gasteiger partial charge is 0.342 e. The van der Waals surface area contributed by atoms with Crippen LogP contribution in [0.15, 0.2) is 48.5 Å². The summed E-state index contributed by atoms with van der Waals surface area (Å²) in [4.78, 5) is 23.0. The fourth-order valence-corrected chi connectivity index (χ4v) is 8.31. The van der Waals surface area contributed by atoms with Crippen LogP contribution in [0.25, 0.3) is 11.0 Å². The normalized spacial score (nSPS) is 24.9. The standard InChI is InChI=1S/C36H50N4O/c1-25(2)27-11-13-28(14-12-27)36(17-20-38(21-18-36)34(41)35(4,5)6)19-22-39-29-15-16-30(39)24-31(23-29)40-26(3)37-32-9-7-8-10-33(32)40/h7-14,25,29-31H,15-24H2,1-6H3/t29-,30+,31+. The number of imidazole rings is 1. The number of likely N-dealkylation sites (tertiary alicyclic amines) is 1. The Kier molecular flexibility index (Phi) is 7.55. The molecule has 3 fully saturated rings. The third kappa shape index (κ3) is 5.35. The Bertz CT molecular complexity index is 1360. The van der Waals surface area contributed by atoms with Gasteiger partial charge in [-0.1, -0.05) is 71.0 Å². The maximum absolute atomic E-state index is 13.1. The highest BCUT2D eigenvalue weighted by molar-refractivity contribution is 5.81. The fourth-order valence-electron chi connectivity index (χ4n) is 8.31. The lowest BCUT2D eigenvalue weighted by Crippen LogP contribution is -2.50. The molecule has 5 nitrogen and oxygen atoms in total. The van der Waals surface area contributed by atoms with Crippen LogP contribution in [0.5, 0.6) is 0 Å². The molecule has 41 heavy (non-hydrogen) atoms. The maximum atomic E-state index is 13.1. The monoisotopic (exact) mass is 554 g/mol. The lowest BCUT2D eigenvalue weighted by molar-refractivity contribution is -0.141. The van der Waals surface area contributed by atoms with Gasteiger partial charge in [-0.05, 0) is 93.0 Å². The number of nitrogens with zero attached hydrogens (tertiary/aromatic N) is 4. The molecule has 3 saturated heterocycles. The smallest absolute Gasteiger partial charge is 0.227 e. The van der Waals surface area contributed by atoms with Gasteiger partial charge in [0.15, 0.2) is 0 Å². The van der Waals surface area contributed by atoms with Gasteiger partial charge in [-0.2, -0.15) is 0 Å². The number of fused-ring (bicyclic) bond motifs is 3. The van der Waals surface area contributed by atoms with Crippen LogP contribution in [0.3, 0.4) is 0 Å². The summed E-state index contributed by atoms with van der Waals surface area (Å²) in [6.07, 6.45) is 8.37. The van der Waals surface area contributed by atoms with Crippen molar-refractivity contribution in [3.63, 3.8) is 0 Å². The van der Waals surface area contributed by atoms with Crippen molar-refractivity contribution in [1.29, 1.82) is 0 Å². The van der Waals surface area contributed by atoms with Crippen molar-refractivity contribution >= 4 is 16.9 Å². The van der Waals surface area contributed by atoms with E-state index >= 15 is 0 Å². The van der Waals surface area contributed by atoms with Crippen LogP contribution in [0, 0.1) is 12.3 Å². The number of carbonyl (C=O) groups excluding carboxylic acids is 1. The number of aromatic nitrogens is 2. The quantitative estimate of drug-likeness (QED) is 0.315. The molecule has 3 aliphatic rings. The van der Waals surface area contributed by atoms with Gasteiger partial charge in [0.2, 0.25) is 5.91 Å². The van der Waals surface area contributed by atoms with Crippen molar-refractivity contribution in [1.82, 2.24) is 19.4 Å². The van der Waals surface area contributed by atoms with Crippen molar-refractivity contribution < 1.29 is 4.79 Å². The van der Waals surface area contributed by atoms with E-state index in [2.05, 4.69) is 104 Å². The van der Waals surface area contributed by atoms with E-state index in [9.17, 15) is 4.79 Å². The van der Waals surface area contributed by atoms with Crippen LogP contribution in [0.1, 0.15) is 108 Å². The number of amides is 1. The molecule has 5 heteroatoms. The summed E-state index contributed by atoms with van der Waals surface area (Å²) >= 11 is 0. The average molecular weight is 555 g/mol. The molecule has 2 bridgehead atoms. The molecule has 0 radical (unpaired) electrons. The second kappa shape index (κ2) is 10.9. The summed E-state index contributed by atoms with van der Waals surface area (Å²) in [5.74, 6) is 1.99. The highest BCUT2D eigenvalue weighted by Gasteiger charge is 2.44. The Morgan fingerprint density at radius 1 is 0.951 bits per heavy atom. The second-order valence-corrected chi connectivity index (χ2v) is 14.6. The van der Waals surface area contributed by atoms with Gasteiger partial charge in [0.1, 0.15) is 5.82 Å². The Morgan fingerprint density at radius 3 is 2.20 bits per heavy atom. The van der Waals surface area contributed by atoms with Gasteiger partial charge in [-0.15, -0.1) is 0 Å². The van der Waals surface area contributed by atoms with E-state index in [0.29, 0.717) is 30.0 Å². The van der Waals surface area contributed by atoms with E-state index in [4.69, 9.17) is 4.98 Å². The number of benzene rings is 2. The van der Waals surface area contributed by atoms with E-state index in [0.717, 1.165) is 43.8 Å². The molecular formula is C36H50N4O. The number of aryl methyl sites for hydroxylation is 1.